The summed E-state index contributed by atoms with van der Waals surface area (Å²) in [6.45, 7) is 10.3. The van der Waals surface area contributed by atoms with Crippen LogP contribution in [0.25, 0.3) is 22.5 Å². The van der Waals surface area contributed by atoms with Crippen LogP contribution in [-0.4, -0.2) is 32.9 Å². The van der Waals surface area contributed by atoms with Gasteiger partial charge >= 0.3 is 0 Å². The lowest BCUT2D eigenvalue weighted by molar-refractivity contribution is -0.119. The lowest BCUT2D eigenvalue weighted by atomic mass is 10.0. The Morgan fingerprint density at radius 2 is 1.40 bits per heavy atom. The number of hydrogen-bond acceptors (Lipinski definition) is 5. The summed E-state index contributed by atoms with van der Waals surface area (Å²) >= 11 is 1.30. The second-order valence-electron chi connectivity index (χ2n) is 7.91. The van der Waals surface area contributed by atoms with Gasteiger partial charge in [-0.05, 0) is 26.7 Å². The Kier molecular flexibility index (Phi) is 7.21. The van der Waals surface area contributed by atoms with Crippen LogP contribution in [0.4, 0.5) is 0 Å². The molecule has 6 heteroatoms. The number of benzene rings is 2. The minimum absolute atomic E-state index is 0.0238. The third-order valence-electron chi connectivity index (χ3n) is 5.04. The van der Waals surface area contributed by atoms with Gasteiger partial charge in [-0.3, -0.25) is 4.79 Å². The summed E-state index contributed by atoms with van der Waals surface area (Å²) in [5.41, 5.74) is 5.82. The standard InChI is InChI=1S/C24H28N4OS/c1-15(2)18(5)25-21(29)14-30-24-26-22(19-10-6-16(3)7-11-19)23(27-28-24)20-12-8-17(4)9-13-20/h6-13,15,18H,14H2,1-5H3,(H,25,29)/t18-/m0/s1. The second kappa shape index (κ2) is 9.85. The molecule has 5 nitrogen and oxygen atoms in total. The van der Waals surface area contributed by atoms with E-state index in [1.54, 1.807) is 0 Å². The zero-order chi connectivity index (χ0) is 21.7. The predicted molar refractivity (Wildman–Crippen MR) is 123 cm³/mol. The van der Waals surface area contributed by atoms with Gasteiger partial charge in [0.15, 0.2) is 0 Å². The van der Waals surface area contributed by atoms with E-state index >= 15 is 0 Å². The summed E-state index contributed by atoms with van der Waals surface area (Å²) in [6.07, 6.45) is 0. The summed E-state index contributed by atoms with van der Waals surface area (Å²) in [7, 11) is 0. The Labute approximate surface area is 182 Å². The van der Waals surface area contributed by atoms with Crippen LogP contribution in [0.1, 0.15) is 31.9 Å². The molecule has 1 aromatic heterocycles. The van der Waals surface area contributed by atoms with E-state index in [0.29, 0.717) is 11.1 Å². The smallest absolute Gasteiger partial charge is 0.230 e. The number of nitrogens with zero attached hydrogens (tertiary/aromatic N) is 3. The summed E-state index contributed by atoms with van der Waals surface area (Å²) in [6, 6.07) is 16.5. The number of hydrogen-bond donors (Lipinski definition) is 1. The topological polar surface area (TPSA) is 67.8 Å². The molecular weight excluding hydrogens is 392 g/mol. The van der Waals surface area contributed by atoms with E-state index in [2.05, 4.69) is 67.5 Å². The first-order valence-electron chi connectivity index (χ1n) is 10.1. The van der Waals surface area contributed by atoms with Crippen LogP contribution in [0.3, 0.4) is 0 Å². The third kappa shape index (κ3) is 5.66. The van der Waals surface area contributed by atoms with Gasteiger partial charge in [0.1, 0.15) is 11.4 Å². The van der Waals surface area contributed by atoms with Crippen molar-refractivity contribution in [2.24, 2.45) is 5.92 Å². The Morgan fingerprint density at radius 3 is 1.93 bits per heavy atom. The highest BCUT2D eigenvalue weighted by atomic mass is 32.2. The van der Waals surface area contributed by atoms with Gasteiger partial charge in [0.25, 0.3) is 0 Å². The highest BCUT2D eigenvalue weighted by Crippen LogP contribution is 2.30. The Balaban J connectivity index is 1.88. The Morgan fingerprint density at radius 1 is 0.867 bits per heavy atom. The average Bonchev–Trinajstić information content (AvgIpc) is 2.73. The molecule has 1 heterocycles. The van der Waals surface area contributed by atoms with Gasteiger partial charge in [-0.25, -0.2) is 4.98 Å². The minimum Gasteiger partial charge on any atom is -0.353 e. The van der Waals surface area contributed by atoms with Crippen molar-refractivity contribution in [3.05, 3.63) is 59.7 Å². The van der Waals surface area contributed by atoms with Gasteiger partial charge < -0.3 is 5.32 Å². The number of aromatic nitrogens is 3. The van der Waals surface area contributed by atoms with E-state index in [0.717, 1.165) is 22.5 Å². The number of nitrogens with one attached hydrogen (secondary N) is 1. The van der Waals surface area contributed by atoms with Crippen LogP contribution >= 0.6 is 11.8 Å². The summed E-state index contributed by atoms with van der Waals surface area (Å²) < 4.78 is 0. The van der Waals surface area contributed by atoms with Gasteiger partial charge in [0, 0.05) is 17.2 Å². The maximum absolute atomic E-state index is 12.2. The molecule has 0 saturated heterocycles. The van der Waals surface area contributed by atoms with Crippen LogP contribution in [0.15, 0.2) is 53.7 Å². The molecule has 0 aliphatic rings. The largest absolute Gasteiger partial charge is 0.353 e. The molecule has 2 aromatic carbocycles. The molecule has 0 radical (unpaired) electrons. The monoisotopic (exact) mass is 420 g/mol. The molecule has 0 fully saturated rings. The van der Waals surface area contributed by atoms with Crippen LogP contribution < -0.4 is 5.32 Å². The lowest BCUT2D eigenvalue weighted by Gasteiger charge is -2.17. The Bertz CT molecular complexity index is 1000. The van der Waals surface area contributed by atoms with Gasteiger partial charge in [0.2, 0.25) is 11.1 Å². The number of amides is 1. The molecule has 1 amide bonds. The van der Waals surface area contributed by atoms with Gasteiger partial charge in [-0.2, -0.15) is 0 Å². The molecule has 3 aromatic rings. The number of carbonyl (C=O) groups is 1. The van der Waals surface area contributed by atoms with E-state index in [4.69, 9.17) is 4.98 Å². The first-order chi connectivity index (χ1) is 14.3. The fourth-order valence-corrected chi connectivity index (χ4v) is 3.38. The first kappa shape index (κ1) is 22.0. The van der Waals surface area contributed by atoms with Crippen molar-refractivity contribution in [2.75, 3.05) is 5.75 Å². The molecule has 0 spiro atoms. The van der Waals surface area contributed by atoms with E-state index in [1.165, 1.54) is 22.9 Å². The van der Waals surface area contributed by atoms with E-state index in [1.807, 2.05) is 31.2 Å². The fourth-order valence-electron chi connectivity index (χ4n) is 2.78. The van der Waals surface area contributed by atoms with Gasteiger partial charge in [-0.15, -0.1) is 10.2 Å². The molecule has 0 bridgehead atoms. The van der Waals surface area contributed by atoms with Crippen molar-refractivity contribution in [3.63, 3.8) is 0 Å². The maximum Gasteiger partial charge on any atom is 0.230 e. The molecular formula is C24H28N4OS. The van der Waals surface area contributed by atoms with Crippen molar-refractivity contribution in [3.8, 4) is 22.5 Å². The molecule has 0 saturated carbocycles. The van der Waals surface area contributed by atoms with E-state index in [9.17, 15) is 4.79 Å². The summed E-state index contributed by atoms with van der Waals surface area (Å²) in [5, 5.41) is 12.3. The second-order valence-corrected chi connectivity index (χ2v) is 8.86. The molecule has 3 rings (SSSR count). The van der Waals surface area contributed by atoms with Crippen LogP contribution in [0.2, 0.25) is 0 Å². The normalized spacial score (nSPS) is 12.1. The molecule has 0 unspecified atom stereocenters. The van der Waals surface area contributed by atoms with E-state index in [-0.39, 0.29) is 17.7 Å². The van der Waals surface area contributed by atoms with Crippen LogP contribution in [0.5, 0.6) is 0 Å². The fraction of sp³-hybridized carbons (Fsp3) is 0.333. The number of thioether (sulfide) groups is 1. The minimum atomic E-state index is -0.0238. The molecule has 1 N–H and O–H groups in total. The first-order valence-corrected chi connectivity index (χ1v) is 11.1. The molecule has 0 aliphatic carbocycles. The molecule has 156 valence electrons. The van der Waals surface area contributed by atoms with Crippen molar-refractivity contribution >= 4 is 17.7 Å². The van der Waals surface area contributed by atoms with Crippen molar-refractivity contribution in [1.29, 1.82) is 0 Å². The highest BCUT2D eigenvalue weighted by Gasteiger charge is 2.16. The molecule has 0 aliphatic heterocycles. The molecule has 30 heavy (non-hydrogen) atoms. The zero-order valence-electron chi connectivity index (χ0n) is 18.1. The van der Waals surface area contributed by atoms with Crippen LogP contribution in [0, 0.1) is 19.8 Å². The number of carbonyl (C=O) groups excluding carboxylic acids is 1. The number of aryl methyl sites for hydroxylation is 2. The van der Waals surface area contributed by atoms with Crippen molar-refractivity contribution < 1.29 is 4.79 Å². The predicted octanol–water partition coefficient (Wildman–Crippen LogP) is 5.08. The maximum atomic E-state index is 12.2. The summed E-state index contributed by atoms with van der Waals surface area (Å²) in [4.78, 5) is 17.0. The molecule has 1 atom stereocenters. The van der Waals surface area contributed by atoms with E-state index < -0.39 is 0 Å². The average molecular weight is 421 g/mol. The van der Waals surface area contributed by atoms with Gasteiger partial charge in [0.05, 0.1) is 5.75 Å². The van der Waals surface area contributed by atoms with Crippen molar-refractivity contribution in [1.82, 2.24) is 20.5 Å². The number of rotatable bonds is 7. The Hall–Kier alpha value is -2.73. The third-order valence-corrected chi connectivity index (χ3v) is 5.88. The quantitative estimate of drug-likeness (QED) is 0.540. The lowest BCUT2D eigenvalue weighted by Crippen LogP contribution is -2.37. The highest BCUT2D eigenvalue weighted by molar-refractivity contribution is 7.99. The summed E-state index contributed by atoms with van der Waals surface area (Å²) in [5.74, 6) is 0.624. The SMILES string of the molecule is Cc1ccc(-c2nnc(SCC(=O)N[C@@H](C)C(C)C)nc2-c2ccc(C)cc2)cc1. The zero-order valence-corrected chi connectivity index (χ0v) is 19.0. The van der Waals surface area contributed by atoms with Crippen LogP contribution in [-0.2, 0) is 4.79 Å². The van der Waals surface area contributed by atoms with Crippen molar-refractivity contribution in [2.45, 2.75) is 45.8 Å². The van der Waals surface area contributed by atoms with Gasteiger partial charge in [-0.1, -0.05) is 85.3 Å².